The number of benzene rings is 2. The number of amides is 2. The Morgan fingerprint density at radius 1 is 0.939 bits per heavy atom. The number of rotatable bonds is 9. The zero-order valence-electron chi connectivity index (χ0n) is 19.5. The van der Waals surface area contributed by atoms with E-state index in [0.717, 1.165) is 22.3 Å². The van der Waals surface area contributed by atoms with E-state index in [4.69, 9.17) is 4.74 Å². The van der Waals surface area contributed by atoms with E-state index >= 15 is 0 Å². The second-order valence-corrected chi connectivity index (χ2v) is 8.76. The van der Waals surface area contributed by atoms with Gasteiger partial charge in [-0.25, -0.2) is 4.79 Å². The standard InChI is InChI=1S/C26H32N2O5/c1-5-15(2)23(24(29)27-17(4)16(3)25(30)31)28-26(32)33-14-22-20-12-8-6-10-18(20)19-11-7-9-13-21(19)22/h6-13,15-17,22-23H,5,14H2,1-4H3,(H,27,29)(H,28,32)(H,30,31). The third-order valence-corrected chi connectivity index (χ3v) is 6.62. The van der Waals surface area contributed by atoms with E-state index in [2.05, 4.69) is 22.8 Å². The molecule has 0 saturated heterocycles. The van der Waals surface area contributed by atoms with Gasteiger partial charge in [0, 0.05) is 12.0 Å². The number of carbonyl (C=O) groups is 3. The van der Waals surface area contributed by atoms with Gasteiger partial charge < -0.3 is 20.5 Å². The van der Waals surface area contributed by atoms with Crippen molar-refractivity contribution in [2.24, 2.45) is 11.8 Å². The molecule has 0 fully saturated rings. The summed E-state index contributed by atoms with van der Waals surface area (Å²) >= 11 is 0. The molecule has 7 nitrogen and oxygen atoms in total. The second-order valence-electron chi connectivity index (χ2n) is 8.76. The summed E-state index contributed by atoms with van der Waals surface area (Å²) in [6.45, 7) is 7.11. The minimum absolute atomic E-state index is 0.0736. The minimum atomic E-state index is -0.993. The van der Waals surface area contributed by atoms with E-state index < -0.39 is 36.0 Å². The van der Waals surface area contributed by atoms with Gasteiger partial charge in [0.2, 0.25) is 5.91 Å². The van der Waals surface area contributed by atoms with E-state index in [9.17, 15) is 19.5 Å². The number of ether oxygens (including phenoxy) is 1. The van der Waals surface area contributed by atoms with Crippen molar-refractivity contribution < 1.29 is 24.2 Å². The van der Waals surface area contributed by atoms with Crippen LogP contribution in [0.15, 0.2) is 48.5 Å². The molecule has 1 aliphatic rings. The van der Waals surface area contributed by atoms with Crippen molar-refractivity contribution in [3.05, 3.63) is 59.7 Å². The summed E-state index contributed by atoms with van der Waals surface area (Å²) in [7, 11) is 0. The first kappa shape index (κ1) is 24.3. The van der Waals surface area contributed by atoms with E-state index in [-0.39, 0.29) is 18.4 Å². The number of carboxylic acids is 1. The Labute approximate surface area is 194 Å². The molecule has 4 atom stereocenters. The van der Waals surface area contributed by atoms with Crippen LogP contribution in [0, 0.1) is 11.8 Å². The second kappa shape index (κ2) is 10.5. The normalized spacial score (nSPS) is 16.0. The monoisotopic (exact) mass is 452 g/mol. The van der Waals surface area contributed by atoms with Gasteiger partial charge in [0.15, 0.2) is 0 Å². The summed E-state index contributed by atoms with van der Waals surface area (Å²) in [5.74, 6) is -2.39. The van der Waals surface area contributed by atoms with Gasteiger partial charge in [-0.1, -0.05) is 68.8 Å². The molecular weight excluding hydrogens is 420 g/mol. The molecule has 0 aliphatic heterocycles. The van der Waals surface area contributed by atoms with Crippen LogP contribution in [0.5, 0.6) is 0 Å². The molecule has 176 valence electrons. The van der Waals surface area contributed by atoms with Gasteiger partial charge in [-0.05, 0) is 42.0 Å². The molecule has 0 heterocycles. The Morgan fingerprint density at radius 3 is 2.00 bits per heavy atom. The molecule has 0 saturated carbocycles. The first-order chi connectivity index (χ1) is 15.7. The number of aliphatic carboxylic acids is 1. The topological polar surface area (TPSA) is 105 Å². The summed E-state index contributed by atoms with van der Waals surface area (Å²) in [6, 6.07) is 14.7. The summed E-state index contributed by atoms with van der Waals surface area (Å²) in [5.41, 5.74) is 4.50. The van der Waals surface area contributed by atoms with Crippen molar-refractivity contribution in [3.63, 3.8) is 0 Å². The van der Waals surface area contributed by atoms with E-state index in [1.165, 1.54) is 6.92 Å². The first-order valence-corrected chi connectivity index (χ1v) is 11.4. The first-order valence-electron chi connectivity index (χ1n) is 11.4. The van der Waals surface area contributed by atoms with Crippen molar-refractivity contribution in [1.29, 1.82) is 0 Å². The van der Waals surface area contributed by atoms with E-state index in [0.29, 0.717) is 6.42 Å². The Bertz CT molecular complexity index is 976. The molecular formula is C26H32N2O5. The summed E-state index contributed by atoms with van der Waals surface area (Å²) in [5, 5.41) is 14.6. The van der Waals surface area contributed by atoms with Crippen LogP contribution in [0.2, 0.25) is 0 Å². The molecule has 33 heavy (non-hydrogen) atoms. The van der Waals surface area contributed by atoms with Crippen LogP contribution in [-0.4, -0.2) is 41.8 Å². The number of fused-ring (bicyclic) bond motifs is 3. The highest BCUT2D eigenvalue weighted by Gasteiger charge is 2.32. The fraction of sp³-hybridized carbons (Fsp3) is 0.423. The molecule has 2 amide bonds. The van der Waals surface area contributed by atoms with Gasteiger partial charge in [0.05, 0.1) is 5.92 Å². The number of hydrogen-bond acceptors (Lipinski definition) is 4. The Kier molecular flexibility index (Phi) is 7.74. The third kappa shape index (κ3) is 5.35. The molecule has 0 aromatic heterocycles. The lowest BCUT2D eigenvalue weighted by Gasteiger charge is -2.26. The molecule has 0 bridgehead atoms. The molecule has 1 aliphatic carbocycles. The molecule has 4 unspecified atom stereocenters. The zero-order valence-corrected chi connectivity index (χ0v) is 19.5. The number of alkyl carbamates (subject to hydrolysis) is 1. The summed E-state index contributed by atoms with van der Waals surface area (Å²) < 4.78 is 5.58. The van der Waals surface area contributed by atoms with Crippen molar-refractivity contribution in [2.75, 3.05) is 6.61 Å². The Hall–Kier alpha value is -3.35. The van der Waals surface area contributed by atoms with Crippen molar-refractivity contribution in [1.82, 2.24) is 10.6 Å². The molecule has 0 radical (unpaired) electrons. The molecule has 3 rings (SSSR count). The lowest BCUT2D eigenvalue weighted by atomic mass is 9.97. The average molecular weight is 453 g/mol. The third-order valence-electron chi connectivity index (χ3n) is 6.62. The SMILES string of the molecule is CCC(C)C(NC(=O)OCC1c2ccccc2-c2ccccc21)C(=O)NC(C)C(C)C(=O)O. The average Bonchev–Trinajstić information content (AvgIpc) is 3.13. The lowest BCUT2D eigenvalue weighted by molar-refractivity contribution is -0.142. The maximum Gasteiger partial charge on any atom is 0.407 e. The van der Waals surface area contributed by atoms with Gasteiger partial charge in [-0.2, -0.15) is 0 Å². The van der Waals surface area contributed by atoms with Gasteiger partial charge in [-0.3, -0.25) is 9.59 Å². The Morgan fingerprint density at radius 2 is 1.48 bits per heavy atom. The summed E-state index contributed by atoms with van der Waals surface area (Å²) in [6.07, 6.45) is -0.0128. The number of nitrogens with one attached hydrogen (secondary N) is 2. The van der Waals surface area contributed by atoms with Crippen LogP contribution < -0.4 is 10.6 Å². The lowest BCUT2D eigenvalue weighted by Crippen LogP contribution is -2.53. The van der Waals surface area contributed by atoms with Crippen molar-refractivity contribution >= 4 is 18.0 Å². The number of hydrogen-bond donors (Lipinski definition) is 3. The van der Waals surface area contributed by atoms with Crippen LogP contribution >= 0.6 is 0 Å². The predicted molar refractivity (Wildman–Crippen MR) is 126 cm³/mol. The fourth-order valence-electron chi connectivity index (χ4n) is 4.12. The highest BCUT2D eigenvalue weighted by Crippen LogP contribution is 2.44. The van der Waals surface area contributed by atoms with Gasteiger partial charge in [0.25, 0.3) is 0 Å². The van der Waals surface area contributed by atoms with Crippen LogP contribution in [0.25, 0.3) is 11.1 Å². The van der Waals surface area contributed by atoms with Crippen LogP contribution in [0.1, 0.15) is 51.2 Å². The van der Waals surface area contributed by atoms with Crippen LogP contribution in [0.4, 0.5) is 4.79 Å². The molecule has 7 heteroatoms. The highest BCUT2D eigenvalue weighted by molar-refractivity contribution is 5.86. The van der Waals surface area contributed by atoms with Crippen molar-refractivity contribution in [3.8, 4) is 11.1 Å². The number of carboxylic acid groups (broad SMARTS) is 1. The minimum Gasteiger partial charge on any atom is -0.481 e. The molecule has 2 aromatic rings. The van der Waals surface area contributed by atoms with Crippen molar-refractivity contribution in [2.45, 2.75) is 52.1 Å². The molecule has 2 aromatic carbocycles. The van der Waals surface area contributed by atoms with Crippen LogP contribution in [0.3, 0.4) is 0 Å². The van der Waals surface area contributed by atoms with Gasteiger partial charge in [0.1, 0.15) is 12.6 Å². The maximum absolute atomic E-state index is 12.8. The predicted octanol–water partition coefficient (Wildman–Crippen LogP) is 4.17. The molecule has 0 spiro atoms. The Balaban J connectivity index is 1.67. The van der Waals surface area contributed by atoms with E-state index in [1.807, 2.05) is 50.2 Å². The van der Waals surface area contributed by atoms with Gasteiger partial charge in [-0.15, -0.1) is 0 Å². The zero-order chi connectivity index (χ0) is 24.1. The van der Waals surface area contributed by atoms with Crippen LogP contribution in [-0.2, 0) is 14.3 Å². The summed E-state index contributed by atoms with van der Waals surface area (Å²) in [4.78, 5) is 36.7. The number of carbonyl (C=O) groups excluding carboxylic acids is 2. The van der Waals surface area contributed by atoms with Gasteiger partial charge >= 0.3 is 12.1 Å². The molecule has 3 N–H and O–H groups in total. The van der Waals surface area contributed by atoms with E-state index in [1.54, 1.807) is 6.92 Å². The highest BCUT2D eigenvalue weighted by atomic mass is 16.5. The maximum atomic E-state index is 12.8. The fourth-order valence-corrected chi connectivity index (χ4v) is 4.12. The smallest absolute Gasteiger partial charge is 0.407 e. The largest absolute Gasteiger partial charge is 0.481 e. The quantitative estimate of drug-likeness (QED) is 0.530.